The molecule has 0 saturated carbocycles. The summed E-state index contributed by atoms with van der Waals surface area (Å²) in [4.78, 5) is 8.44. The zero-order chi connectivity index (χ0) is 9.42. The first-order valence-electron chi connectivity index (χ1n) is 3.86. The number of halogens is 1. The van der Waals surface area contributed by atoms with Crippen LogP contribution in [0.2, 0.25) is 0 Å². The molecule has 3 nitrogen and oxygen atoms in total. The Morgan fingerprint density at radius 3 is 3.00 bits per heavy atom. The van der Waals surface area contributed by atoms with E-state index in [4.69, 9.17) is 5.73 Å². The fraction of sp³-hybridized carbons (Fsp3) is 0.111. The van der Waals surface area contributed by atoms with Crippen molar-refractivity contribution in [2.75, 3.05) is 5.73 Å². The molecule has 0 aromatic carbocycles. The molecular formula is C9H8BrN3. The monoisotopic (exact) mass is 237 g/mol. The summed E-state index contributed by atoms with van der Waals surface area (Å²) >= 11 is 3.37. The number of hydrogen-bond donors (Lipinski definition) is 1. The average molecular weight is 238 g/mol. The van der Waals surface area contributed by atoms with Gasteiger partial charge in [-0.3, -0.25) is 4.98 Å². The van der Waals surface area contributed by atoms with Gasteiger partial charge in [0.15, 0.2) is 0 Å². The van der Waals surface area contributed by atoms with E-state index in [-0.39, 0.29) is 0 Å². The molecule has 2 heterocycles. The second kappa shape index (κ2) is 2.96. The molecule has 0 amide bonds. The van der Waals surface area contributed by atoms with E-state index in [0.717, 1.165) is 21.1 Å². The van der Waals surface area contributed by atoms with E-state index in [2.05, 4.69) is 25.9 Å². The van der Waals surface area contributed by atoms with Crippen molar-refractivity contribution in [3.63, 3.8) is 0 Å². The maximum Gasteiger partial charge on any atom is 0.138 e. The molecule has 0 aliphatic heterocycles. The molecule has 13 heavy (non-hydrogen) atoms. The number of nitrogens with zero attached hydrogens (tertiary/aromatic N) is 2. The molecule has 0 saturated heterocycles. The van der Waals surface area contributed by atoms with Crippen LogP contribution in [0.1, 0.15) is 5.56 Å². The molecule has 0 atom stereocenters. The maximum absolute atomic E-state index is 5.70. The number of aryl methyl sites for hydroxylation is 1. The standard InChI is InChI=1S/C9H8BrN3/c1-5-7(10)9(11)13-6-3-2-4-12-8(5)6/h2-4H,1H3,(H2,11,13). The van der Waals surface area contributed by atoms with E-state index in [9.17, 15) is 0 Å². The van der Waals surface area contributed by atoms with Gasteiger partial charge in [0.1, 0.15) is 5.82 Å². The Hall–Kier alpha value is -1.16. The lowest BCUT2D eigenvalue weighted by Crippen LogP contribution is -1.96. The van der Waals surface area contributed by atoms with Crippen LogP contribution in [0.25, 0.3) is 11.0 Å². The van der Waals surface area contributed by atoms with Crippen molar-refractivity contribution in [3.8, 4) is 0 Å². The van der Waals surface area contributed by atoms with Crippen LogP contribution in [-0.4, -0.2) is 9.97 Å². The van der Waals surface area contributed by atoms with Crippen LogP contribution < -0.4 is 5.73 Å². The number of nitrogens with two attached hydrogens (primary N) is 1. The quantitative estimate of drug-likeness (QED) is 0.765. The Balaban J connectivity index is 2.94. The van der Waals surface area contributed by atoms with Crippen molar-refractivity contribution in [1.82, 2.24) is 9.97 Å². The van der Waals surface area contributed by atoms with E-state index in [1.54, 1.807) is 6.20 Å². The summed E-state index contributed by atoms with van der Waals surface area (Å²) in [5.41, 5.74) is 8.46. The van der Waals surface area contributed by atoms with Gasteiger partial charge in [0.25, 0.3) is 0 Å². The minimum Gasteiger partial charge on any atom is -0.383 e. The summed E-state index contributed by atoms with van der Waals surface area (Å²) in [6.45, 7) is 1.97. The van der Waals surface area contributed by atoms with Gasteiger partial charge in [-0.2, -0.15) is 0 Å². The lowest BCUT2D eigenvalue weighted by molar-refractivity contribution is 1.28. The fourth-order valence-corrected chi connectivity index (χ4v) is 1.53. The highest BCUT2D eigenvalue weighted by molar-refractivity contribution is 9.10. The zero-order valence-electron chi connectivity index (χ0n) is 7.08. The topological polar surface area (TPSA) is 51.8 Å². The van der Waals surface area contributed by atoms with Crippen LogP contribution in [0.15, 0.2) is 22.8 Å². The first kappa shape index (κ1) is 8.44. The molecule has 0 spiro atoms. The van der Waals surface area contributed by atoms with Crippen LogP contribution in [0, 0.1) is 6.92 Å². The molecule has 0 radical (unpaired) electrons. The number of nitrogen functional groups attached to an aromatic ring is 1. The number of anilines is 1. The molecule has 0 aliphatic carbocycles. The number of rotatable bonds is 0. The highest BCUT2D eigenvalue weighted by Gasteiger charge is 2.06. The van der Waals surface area contributed by atoms with Crippen molar-refractivity contribution >= 4 is 32.8 Å². The van der Waals surface area contributed by atoms with Gasteiger partial charge in [-0.25, -0.2) is 4.98 Å². The summed E-state index contributed by atoms with van der Waals surface area (Å²) in [6, 6.07) is 3.75. The van der Waals surface area contributed by atoms with Crippen molar-refractivity contribution in [3.05, 3.63) is 28.4 Å². The molecular weight excluding hydrogens is 230 g/mol. The minimum atomic E-state index is 0.512. The van der Waals surface area contributed by atoms with E-state index in [1.165, 1.54) is 0 Å². The van der Waals surface area contributed by atoms with E-state index in [0.29, 0.717) is 5.82 Å². The Morgan fingerprint density at radius 2 is 2.23 bits per heavy atom. The molecule has 0 unspecified atom stereocenters. The normalized spacial score (nSPS) is 10.6. The molecule has 0 aliphatic rings. The highest BCUT2D eigenvalue weighted by Crippen LogP contribution is 2.26. The number of aromatic nitrogens is 2. The van der Waals surface area contributed by atoms with Gasteiger partial charge < -0.3 is 5.73 Å². The van der Waals surface area contributed by atoms with E-state index >= 15 is 0 Å². The third-order valence-electron chi connectivity index (χ3n) is 1.94. The molecule has 2 N–H and O–H groups in total. The van der Waals surface area contributed by atoms with Gasteiger partial charge in [-0.15, -0.1) is 0 Å². The Kier molecular flexibility index (Phi) is 1.92. The molecule has 4 heteroatoms. The number of fused-ring (bicyclic) bond motifs is 1. The second-order valence-electron chi connectivity index (χ2n) is 2.81. The molecule has 0 bridgehead atoms. The third kappa shape index (κ3) is 1.27. The predicted octanol–water partition coefficient (Wildman–Crippen LogP) is 2.28. The highest BCUT2D eigenvalue weighted by atomic mass is 79.9. The lowest BCUT2D eigenvalue weighted by atomic mass is 10.2. The Labute approximate surface area is 84.1 Å². The van der Waals surface area contributed by atoms with Crippen LogP contribution in [0.4, 0.5) is 5.82 Å². The lowest BCUT2D eigenvalue weighted by Gasteiger charge is -2.04. The van der Waals surface area contributed by atoms with Gasteiger partial charge in [-0.1, -0.05) is 0 Å². The molecule has 2 aromatic rings. The second-order valence-corrected chi connectivity index (χ2v) is 3.60. The predicted molar refractivity (Wildman–Crippen MR) is 56.4 cm³/mol. The summed E-state index contributed by atoms with van der Waals surface area (Å²) in [5.74, 6) is 0.512. The average Bonchev–Trinajstić information content (AvgIpc) is 2.15. The summed E-state index contributed by atoms with van der Waals surface area (Å²) in [6.07, 6.45) is 1.75. The maximum atomic E-state index is 5.70. The SMILES string of the molecule is Cc1c(Br)c(N)nc2cccnc12. The number of hydrogen-bond acceptors (Lipinski definition) is 3. The van der Waals surface area contributed by atoms with E-state index in [1.807, 2.05) is 19.1 Å². The van der Waals surface area contributed by atoms with Crippen molar-refractivity contribution in [2.45, 2.75) is 6.92 Å². The molecule has 66 valence electrons. The number of pyridine rings is 2. The van der Waals surface area contributed by atoms with Gasteiger partial charge in [-0.05, 0) is 40.5 Å². The zero-order valence-corrected chi connectivity index (χ0v) is 8.67. The van der Waals surface area contributed by atoms with Crippen LogP contribution >= 0.6 is 15.9 Å². The van der Waals surface area contributed by atoms with Crippen LogP contribution in [0.5, 0.6) is 0 Å². The van der Waals surface area contributed by atoms with Crippen molar-refractivity contribution < 1.29 is 0 Å². The van der Waals surface area contributed by atoms with E-state index < -0.39 is 0 Å². The Bertz CT molecular complexity index is 468. The van der Waals surface area contributed by atoms with Gasteiger partial charge in [0, 0.05) is 6.20 Å². The van der Waals surface area contributed by atoms with Gasteiger partial charge >= 0.3 is 0 Å². The first-order chi connectivity index (χ1) is 6.20. The van der Waals surface area contributed by atoms with Crippen molar-refractivity contribution in [2.24, 2.45) is 0 Å². The molecule has 2 rings (SSSR count). The third-order valence-corrected chi connectivity index (χ3v) is 2.94. The smallest absolute Gasteiger partial charge is 0.138 e. The van der Waals surface area contributed by atoms with Crippen LogP contribution in [-0.2, 0) is 0 Å². The van der Waals surface area contributed by atoms with Crippen LogP contribution in [0.3, 0.4) is 0 Å². The largest absolute Gasteiger partial charge is 0.383 e. The minimum absolute atomic E-state index is 0.512. The molecule has 0 fully saturated rings. The van der Waals surface area contributed by atoms with Crippen molar-refractivity contribution in [1.29, 1.82) is 0 Å². The fourth-order valence-electron chi connectivity index (χ4n) is 1.25. The first-order valence-corrected chi connectivity index (χ1v) is 4.66. The summed E-state index contributed by atoms with van der Waals surface area (Å²) < 4.78 is 0.832. The Morgan fingerprint density at radius 1 is 1.46 bits per heavy atom. The summed E-state index contributed by atoms with van der Waals surface area (Å²) in [7, 11) is 0. The summed E-state index contributed by atoms with van der Waals surface area (Å²) in [5, 5.41) is 0. The molecule has 2 aromatic heterocycles. The van der Waals surface area contributed by atoms with Gasteiger partial charge in [0.2, 0.25) is 0 Å². The van der Waals surface area contributed by atoms with Gasteiger partial charge in [0.05, 0.1) is 15.5 Å².